The zero-order chi connectivity index (χ0) is 14.2. The van der Waals surface area contributed by atoms with E-state index in [1.54, 1.807) is 11.3 Å². The smallest absolute Gasteiger partial charge is 0.242 e. The summed E-state index contributed by atoms with van der Waals surface area (Å²) in [6, 6.07) is 2.02. The Hall–Kier alpha value is -0.700. The fraction of sp³-hybridized carbons (Fsp3) is 0.765. The Bertz CT molecular complexity index is 354. The maximum Gasteiger partial charge on any atom is 0.242 e. The van der Waals surface area contributed by atoms with Crippen LogP contribution in [-0.4, -0.2) is 6.29 Å². The maximum absolute atomic E-state index is 5.88. The first kappa shape index (κ1) is 15.7. The van der Waals surface area contributed by atoms with Crippen molar-refractivity contribution in [3.05, 3.63) is 11.4 Å². The van der Waals surface area contributed by atoms with Crippen LogP contribution in [0.15, 0.2) is 11.4 Å². The van der Waals surface area contributed by atoms with E-state index in [0.29, 0.717) is 0 Å². The topological polar surface area (TPSA) is 18.5 Å². The number of fused-ring (bicyclic) bond motifs is 1. The third-order valence-electron chi connectivity index (χ3n) is 4.05. The van der Waals surface area contributed by atoms with Crippen LogP contribution in [0.2, 0.25) is 0 Å². The zero-order valence-corrected chi connectivity index (χ0v) is 13.7. The molecule has 0 amide bonds. The van der Waals surface area contributed by atoms with Crippen LogP contribution in [0.5, 0.6) is 10.8 Å². The predicted molar refractivity (Wildman–Crippen MR) is 85.8 cm³/mol. The number of rotatable bonds is 10. The fourth-order valence-electron chi connectivity index (χ4n) is 2.84. The van der Waals surface area contributed by atoms with Crippen LogP contribution in [0.3, 0.4) is 0 Å². The summed E-state index contributed by atoms with van der Waals surface area (Å²) < 4.78 is 11.8. The summed E-state index contributed by atoms with van der Waals surface area (Å²) in [5.74, 6) is 1.70. The Labute approximate surface area is 127 Å². The molecule has 0 N–H and O–H groups in total. The van der Waals surface area contributed by atoms with Crippen molar-refractivity contribution in [3.8, 4) is 10.8 Å². The Morgan fingerprint density at radius 2 is 1.85 bits per heavy atom. The molecule has 0 spiro atoms. The number of hydrogen-bond donors (Lipinski definition) is 0. The van der Waals surface area contributed by atoms with Gasteiger partial charge in [-0.15, -0.1) is 11.3 Å². The Morgan fingerprint density at radius 3 is 2.60 bits per heavy atom. The van der Waals surface area contributed by atoms with Crippen molar-refractivity contribution in [1.82, 2.24) is 0 Å². The molecule has 2 atom stereocenters. The average molecular weight is 296 g/mol. The molecule has 2 nitrogen and oxygen atoms in total. The molecule has 1 aromatic rings. The standard InChI is InChI=1S/C17H28O2S/c1-3-5-7-8-10-14(9-6-4-2)13-16-18-15-11-12-20-17(15)19-16/h11-12,14,16H,3-10,13H2,1-2H3. The van der Waals surface area contributed by atoms with E-state index in [2.05, 4.69) is 13.8 Å². The first-order chi connectivity index (χ1) is 9.83. The Kier molecular flexibility index (Phi) is 6.71. The molecular formula is C17H28O2S. The molecule has 0 bridgehead atoms. The van der Waals surface area contributed by atoms with Crippen molar-refractivity contribution in [3.63, 3.8) is 0 Å². The lowest BCUT2D eigenvalue weighted by atomic mass is 9.92. The second-order valence-corrected chi connectivity index (χ2v) is 6.71. The van der Waals surface area contributed by atoms with Crippen molar-refractivity contribution in [2.75, 3.05) is 0 Å². The Morgan fingerprint density at radius 1 is 1.05 bits per heavy atom. The first-order valence-electron chi connectivity index (χ1n) is 8.24. The summed E-state index contributed by atoms with van der Waals surface area (Å²) in [5, 5.41) is 3.00. The van der Waals surface area contributed by atoms with E-state index >= 15 is 0 Å². The summed E-state index contributed by atoms with van der Waals surface area (Å²) in [4.78, 5) is 0. The molecule has 2 heterocycles. The van der Waals surface area contributed by atoms with Gasteiger partial charge in [0.15, 0.2) is 5.75 Å². The predicted octanol–water partition coefficient (Wildman–Crippen LogP) is 6.01. The van der Waals surface area contributed by atoms with Crippen molar-refractivity contribution < 1.29 is 9.47 Å². The number of ether oxygens (including phenoxy) is 2. The molecule has 0 fully saturated rings. The minimum atomic E-state index is -0.0366. The van der Waals surface area contributed by atoms with Gasteiger partial charge in [-0.2, -0.15) is 0 Å². The van der Waals surface area contributed by atoms with Crippen LogP contribution in [-0.2, 0) is 0 Å². The highest BCUT2D eigenvalue weighted by molar-refractivity contribution is 7.12. The largest absolute Gasteiger partial charge is 0.450 e. The van der Waals surface area contributed by atoms with Crippen molar-refractivity contribution in [2.24, 2.45) is 5.92 Å². The third-order valence-corrected chi connectivity index (χ3v) is 4.83. The van der Waals surface area contributed by atoms with E-state index in [1.165, 1.54) is 51.4 Å². The monoisotopic (exact) mass is 296 g/mol. The molecular weight excluding hydrogens is 268 g/mol. The first-order valence-corrected chi connectivity index (χ1v) is 9.12. The summed E-state index contributed by atoms with van der Waals surface area (Å²) in [7, 11) is 0. The van der Waals surface area contributed by atoms with E-state index in [4.69, 9.17) is 9.47 Å². The highest BCUT2D eigenvalue weighted by atomic mass is 32.1. The second-order valence-electron chi connectivity index (χ2n) is 5.83. The molecule has 1 aliphatic rings. The molecule has 0 aromatic carbocycles. The molecule has 0 radical (unpaired) electrons. The lowest BCUT2D eigenvalue weighted by Crippen LogP contribution is -2.22. The number of unbranched alkanes of at least 4 members (excludes halogenated alkanes) is 4. The van der Waals surface area contributed by atoms with Crippen LogP contribution < -0.4 is 9.47 Å². The number of hydrogen-bond acceptors (Lipinski definition) is 3. The molecule has 3 heteroatoms. The molecule has 1 aliphatic heterocycles. The quantitative estimate of drug-likeness (QED) is 0.492. The van der Waals surface area contributed by atoms with Crippen LogP contribution in [0.1, 0.15) is 71.6 Å². The van der Waals surface area contributed by atoms with Gasteiger partial charge in [-0.3, -0.25) is 0 Å². The molecule has 114 valence electrons. The van der Waals surface area contributed by atoms with Gasteiger partial charge in [0.2, 0.25) is 11.4 Å². The minimum absolute atomic E-state index is 0.0366. The molecule has 2 rings (SSSR count). The average Bonchev–Trinajstić information content (AvgIpc) is 3.01. The van der Waals surface area contributed by atoms with Gasteiger partial charge in [0.1, 0.15) is 0 Å². The van der Waals surface area contributed by atoms with Crippen LogP contribution in [0.4, 0.5) is 0 Å². The van der Waals surface area contributed by atoms with Crippen molar-refractivity contribution >= 4 is 11.3 Å². The van der Waals surface area contributed by atoms with Crippen LogP contribution in [0, 0.1) is 5.92 Å². The summed E-state index contributed by atoms with van der Waals surface area (Å²) in [6.07, 6.45) is 11.7. The maximum atomic E-state index is 5.88. The van der Waals surface area contributed by atoms with E-state index in [-0.39, 0.29) is 6.29 Å². The fourth-order valence-corrected chi connectivity index (χ4v) is 3.55. The van der Waals surface area contributed by atoms with Gasteiger partial charge in [-0.05, 0) is 17.4 Å². The van der Waals surface area contributed by atoms with Gasteiger partial charge < -0.3 is 9.47 Å². The SMILES string of the molecule is CCCCCCC(CCCC)CC1Oc2ccsc2O1. The van der Waals surface area contributed by atoms with Gasteiger partial charge in [-0.1, -0.05) is 65.2 Å². The van der Waals surface area contributed by atoms with Crippen molar-refractivity contribution in [2.45, 2.75) is 77.9 Å². The molecule has 1 aromatic heterocycles. The van der Waals surface area contributed by atoms with Crippen molar-refractivity contribution in [1.29, 1.82) is 0 Å². The minimum Gasteiger partial charge on any atom is -0.450 e. The molecule has 0 saturated heterocycles. The third kappa shape index (κ3) is 4.69. The molecule has 20 heavy (non-hydrogen) atoms. The van der Waals surface area contributed by atoms with E-state index in [9.17, 15) is 0 Å². The van der Waals surface area contributed by atoms with E-state index < -0.39 is 0 Å². The zero-order valence-electron chi connectivity index (χ0n) is 12.9. The Balaban J connectivity index is 1.74. The van der Waals surface area contributed by atoms with Gasteiger partial charge in [0.05, 0.1) is 0 Å². The molecule has 0 saturated carbocycles. The second kappa shape index (κ2) is 8.56. The summed E-state index contributed by atoms with van der Waals surface area (Å²) in [6.45, 7) is 4.54. The van der Waals surface area contributed by atoms with E-state index in [1.807, 2.05) is 11.4 Å². The highest BCUT2D eigenvalue weighted by Gasteiger charge is 2.27. The van der Waals surface area contributed by atoms with Gasteiger partial charge in [0.25, 0.3) is 0 Å². The normalized spacial score (nSPS) is 18.4. The van der Waals surface area contributed by atoms with E-state index in [0.717, 1.165) is 23.2 Å². The van der Waals surface area contributed by atoms with Gasteiger partial charge in [0, 0.05) is 6.42 Å². The number of thiophene rings is 1. The van der Waals surface area contributed by atoms with Crippen LogP contribution in [0.25, 0.3) is 0 Å². The summed E-state index contributed by atoms with van der Waals surface area (Å²) >= 11 is 1.64. The lowest BCUT2D eigenvalue weighted by molar-refractivity contribution is 0.0252. The molecule has 2 unspecified atom stereocenters. The van der Waals surface area contributed by atoms with Crippen LogP contribution >= 0.6 is 11.3 Å². The highest BCUT2D eigenvalue weighted by Crippen LogP contribution is 2.41. The van der Waals surface area contributed by atoms with Gasteiger partial charge in [-0.25, -0.2) is 0 Å². The molecule has 0 aliphatic carbocycles. The summed E-state index contributed by atoms with van der Waals surface area (Å²) in [5.41, 5.74) is 0. The van der Waals surface area contributed by atoms with Gasteiger partial charge >= 0.3 is 0 Å². The lowest BCUT2D eigenvalue weighted by Gasteiger charge is -2.20.